The maximum absolute atomic E-state index is 10.3. The number of carbonyl (C=O) groups excluding carboxylic acids is 1. The Bertz CT molecular complexity index is 178. The van der Waals surface area contributed by atoms with Crippen molar-refractivity contribution in [1.29, 1.82) is 0 Å². The first-order valence-electron chi connectivity index (χ1n) is 2.07. The van der Waals surface area contributed by atoms with Gasteiger partial charge in [-0.05, 0) is 12.1 Å². The Hall–Kier alpha value is -0.700. The van der Waals surface area contributed by atoms with E-state index in [1.807, 2.05) is 0 Å². The molecular weight excluding hydrogens is 124 g/mol. The van der Waals surface area contributed by atoms with Crippen LogP contribution in [0.25, 0.3) is 0 Å². The van der Waals surface area contributed by atoms with Gasteiger partial charge in [0, 0.05) is 0 Å². The van der Waals surface area contributed by atoms with Crippen LogP contribution >= 0.6 is 12.6 Å². The number of furan rings is 1. The molecule has 0 bridgehead atoms. The highest BCUT2D eigenvalue weighted by molar-refractivity contribution is 7.97. The first kappa shape index (κ1) is 5.44. The van der Waals surface area contributed by atoms with Gasteiger partial charge in [0.2, 0.25) is 0 Å². The quantitative estimate of drug-likeness (QED) is 0.578. The Morgan fingerprint density at radius 2 is 2.50 bits per heavy atom. The molecule has 0 aromatic carbocycles. The molecular formula is C5H4O2S. The van der Waals surface area contributed by atoms with Gasteiger partial charge in [0.25, 0.3) is 5.12 Å². The van der Waals surface area contributed by atoms with Crippen LogP contribution in [0.15, 0.2) is 22.8 Å². The highest BCUT2D eigenvalue weighted by Crippen LogP contribution is 2.02. The zero-order valence-corrected chi connectivity index (χ0v) is 4.89. The van der Waals surface area contributed by atoms with Gasteiger partial charge in [-0.25, -0.2) is 0 Å². The molecule has 2 nitrogen and oxygen atoms in total. The summed E-state index contributed by atoms with van der Waals surface area (Å²) >= 11 is 3.52. The first-order valence-corrected chi connectivity index (χ1v) is 2.52. The van der Waals surface area contributed by atoms with Crippen molar-refractivity contribution in [3.63, 3.8) is 0 Å². The first-order chi connectivity index (χ1) is 3.80. The normalized spacial score (nSPS) is 9.12. The number of thiol groups is 1. The minimum Gasteiger partial charge on any atom is -0.460 e. The summed E-state index contributed by atoms with van der Waals surface area (Å²) in [5.41, 5.74) is 0. The monoisotopic (exact) mass is 128 g/mol. The summed E-state index contributed by atoms with van der Waals surface area (Å²) < 4.78 is 4.67. The van der Waals surface area contributed by atoms with Gasteiger partial charge in [-0.2, -0.15) is 0 Å². The van der Waals surface area contributed by atoms with Crippen LogP contribution in [0, 0.1) is 0 Å². The van der Waals surface area contributed by atoms with E-state index in [2.05, 4.69) is 17.0 Å². The second-order valence-corrected chi connectivity index (χ2v) is 1.69. The highest BCUT2D eigenvalue weighted by atomic mass is 32.1. The lowest BCUT2D eigenvalue weighted by atomic mass is 10.5. The predicted octanol–water partition coefficient (Wildman–Crippen LogP) is 1.35. The second-order valence-electron chi connectivity index (χ2n) is 1.28. The molecule has 0 saturated carbocycles. The zero-order chi connectivity index (χ0) is 5.98. The smallest absolute Gasteiger partial charge is 0.251 e. The van der Waals surface area contributed by atoms with Crippen molar-refractivity contribution in [1.82, 2.24) is 0 Å². The number of rotatable bonds is 1. The van der Waals surface area contributed by atoms with Crippen molar-refractivity contribution in [3.8, 4) is 0 Å². The SMILES string of the molecule is O=C(S)c1ccco1. The molecule has 0 spiro atoms. The molecule has 0 unspecified atom stereocenters. The van der Waals surface area contributed by atoms with Gasteiger partial charge in [0.05, 0.1) is 6.26 Å². The summed E-state index contributed by atoms with van der Waals surface area (Å²) in [6.07, 6.45) is 1.43. The lowest BCUT2D eigenvalue weighted by Gasteiger charge is -1.79. The van der Waals surface area contributed by atoms with Crippen LogP contribution < -0.4 is 0 Å². The van der Waals surface area contributed by atoms with E-state index in [0.29, 0.717) is 0 Å². The topological polar surface area (TPSA) is 30.2 Å². The van der Waals surface area contributed by atoms with Gasteiger partial charge < -0.3 is 4.42 Å². The minimum atomic E-state index is -0.338. The fourth-order valence-corrected chi connectivity index (χ4v) is 0.527. The van der Waals surface area contributed by atoms with Crippen LogP contribution in [0.3, 0.4) is 0 Å². The second kappa shape index (κ2) is 2.05. The van der Waals surface area contributed by atoms with Crippen molar-refractivity contribution in [2.75, 3.05) is 0 Å². The molecule has 0 aliphatic carbocycles. The van der Waals surface area contributed by atoms with Crippen LogP contribution in [0.5, 0.6) is 0 Å². The average molecular weight is 128 g/mol. The van der Waals surface area contributed by atoms with Crippen LogP contribution in [-0.4, -0.2) is 5.12 Å². The van der Waals surface area contributed by atoms with E-state index in [-0.39, 0.29) is 10.9 Å². The summed E-state index contributed by atoms with van der Waals surface area (Å²) in [6, 6.07) is 3.21. The maximum Gasteiger partial charge on any atom is 0.251 e. The molecule has 1 rings (SSSR count). The fourth-order valence-electron chi connectivity index (χ4n) is 0.400. The van der Waals surface area contributed by atoms with Crippen LogP contribution in [0.1, 0.15) is 10.6 Å². The van der Waals surface area contributed by atoms with Crippen molar-refractivity contribution in [2.24, 2.45) is 0 Å². The Morgan fingerprint density at radius 3 is 2.75 bits per heavy atom. The summed E-state index contributed by atoms with van der Waals surface area (Å²) in [7, 11) is 0. The van der Waals surface area contributed by atoms with Gasteiger partial charge >= 0.3 is 0 Å². The summed E-state index contributed by atoms with van der Waals surface area (Å²) in [5.74, 6) is 0.285. The third-order valence-corrected chi connectivity index (χ3v) is 0.952. The molecule has 0 N–H and O–H groups in total. The molecule has 1 aromatic heterocycles. The molecule has 0 saturated heterocycles. The third-order valence-electron chi connectivity index (χ3n) is 0.732. The molecule has 0 amide bonds. The summed E-state index contributed by atoms with van der Waals surface area (Å²) in [5, 5.41) is -0.338. The van der Waals surface area contributed by atoms with Crippen molar-refractivity contribution < 1.29 is 9.21 Å². The molecule has 8 heavy (non-hydrogen) atoms. The van der Waals surface area contributed by atoms with E-state index in [1.54, 1.807) is 12.1 Å². The molecule has 0 fully saturated rings. The van der Waals surface area contributed by atoms with Gasteiger partial charge in [0.15, 0.2) is 5.76 Å². The molecule has 0 atom stereocenters. The van der Waals surface area contributed by atoms with E-state index in [0.717, 1.165) is 0 Å². The Kier molecular flexibility index (Phi) is 1.39. The van der Waals surface area contributed by atoms with Crippen molar-refractivity contribution >= 4 is 17.7 Å². The predicted molar refractivity (Wildman–Crippen MR) is 32.0 cm³/mol. The number of hydrogen-bond acceptors (Lipinski definition) is 2. The van der Waals surface area contributed by atoms with Gasteiger partial charge in [-0.3, -0.25) is 4.79 Å². The fraction of sp³-hybridized carbons (Fsp3) is 0. The molecule has 42 valence electrons. The molecule has 1 heterocycles. The standard InChI is InChI=1S/C5H4O2S/c6-5(8)4-2-1-3-7-4/h1-3H,(H,6,8). The van der Waals surface area contributed by atoms with Crippen LogP contribution in [0.2, 0.25) is 0 Å². The van der Waals surface area contributed by atoms with Gasteiger partial charge in [-0.15, -0.1) is 0 Å². The van der Waals surface area contributed by atoms with E-state index < -0.39 is 0 Å². The largest absolute Gasteiger partial charge is 0.460 e. The molecule has 1 aromatic rings. The molecule has 0 radical (unpaired) electrons. The van der Waals surface area contributed by atoms with Crippen LogP contribution in [0.4, 0.5) is 0 Å². The van der Waals surface area contributed by atoms with E-state index in [9.17, 15) is 4.79 Å². The van der Waals surface area contributed by atoms with E-state index >= 15 is 0 Å². The van der Waals surface area contributed by atoms with E-state index in [4.69, 9.17) is 0 Å². The molecule has 0 aliphatic heterocycles. The Morgan fingerprint density at radius 1 is 1.75 bits per heavy atom. The Balaban J connectivity index is 2.93. The van der Waals surface area contributed by atoms with Crippen molar-refractivity contribution in [3.05, 3.63) is 24.2 Å². The Labute approximate surface area is 51.9 Å². The third kappa shape index (κ3) is 0.924. The van der Waals surface area contributed by atoms with Crippen molar-refractivity contribution in [2.45, 2.75) is 0 Å². The lowest BCUT2D eigenvalue weighted by molar-refractivity contribution is 0.106. The van der Waals surface area contributed by atoms with Gasteiger partial charge in [-0.1, -0.05) is 12.6 Å². The van der Waals surface area contributed by atoms with E-state index in [1.165, 1.54) is 6.26 Å². The highest BCUT2D eigenvalue weighted by Gasteiger charge is 1.99. The van der Waals surface area contributed by atoms with Crippen LogP contribution in [-0.2, 0) is 0 Å². The minimum absolute atomic E-state index is 0.285. The molecule has 0 aliphatic rings. The maximum atomic E-state index is 10.3. The van der Waals surface area contributed by atoms with Gasteiger partial charge in [0.1, 0.15) is 0 Å². The number of hydrogen-bond donors (Lipinski definition) is 1. The zero-order valence-electron chi connectivity index (χ0n) is 4.00. The average Bonchev–Trinajstić information content (AvgIpc) is 2.12. The molecule has 3 heteroatoms. The lowest BCUT2D eigenvalue weighted by Crippen LogP contribution is -1.80. The summed E-state index contributed by atoms with van der Waals surface area (Å²) in [4.78, 5) is 10.3. The summed E-state index contributed by atoms with van der Waals surface area (Å²) in [6.45, 7) is 0. The number of carbonyl (C=O) groups is 1.